The number of rotatable bonds is 10. The molecule has 0 spiro atoms. The summed E-state index contributed by atoms with van der Waals surface area (Å²) >= 11 is 0. The summed E-state index contributed by atoms with van der Waals surface area (Å²) in [7, 11) is 0. The number of nitrogens with zero attached hydrogens (tertiary/aromatic N) is 3. The first-order valence-electron chi connectivity index (χ1n) is 10.1. The molecular formula is C23H22N6O3. The number of aromatic nitrogens is 3. The molecule has 0 amide bonds. The van der Waals surface area contributed by atoms with E-state index >= 15 is 0 Å². The van der Waals surface area contributed by atoms with Crippen molar-refractivity contribution in [3.05, 3.63) is 72.4 Å². The monoisotopic (exact) mass is 430 g/mol. The number of hydrogen-bond donors (Lipinski definition) is 3. The number of anilines is 1. The standard InChI is InChI=1S/C23H22N6O3/c24-22(25)11-19(30)7-6-15-3-1-4-16(9-15)17-12-26-23(27-13-17)28-14-18-10-21(32-29-18)20-5-2-8-31-20/h1-5,8-10,12-13H,6-7,11,14H2,(H3,24,25)(H,26,27,28). The maximum Gasteiger partial charge on any atom is 0.222 e. The molecule has 0 aliphatic heterocycles. The molecule has 32 heavy (non-hydrogen) atoms. The number of nitrogens with one attached hydrogen (secondary N) is 2. The van der Waals surface area contributed by atoms with Gasteiger partial charge in [0.05, 0.1) is 25.1 Å². The van der Waals surface area contributed by atoms with Gasteiger partial charge in [0.2, 0.25) is 11.7 Å². The van der Waals surface area contributed by atoms with E-state index in [1.807, 2.05) is 24.3 Å². The molecule has 3 aromatic heterocycles. The van der Waals surface area contributed by atoms with E-state index in [0.717, 1.165) is 16.7 Å². The van der Waals surface area contributed by atoms with Crippen LogP contribution < -0.4 is 11.1 Å². The highest BCUT2D eigenvalue weighted by molar-refractivity contribution is 5.98. The van der Waals surface area contributed by atoms with E-state index in [4.69, 9.17) is 20.1 Å². The average Bonchev–Trinajstić information content (AvgIpc) is 3.48. The molecule has 0 radical (unpaired) electrons. The van der Waals surface area contributed by atoms with Crippen molar-refractivity contribution in [1.29, 1.82) is 5.41 Å². The zero-order valence-electron chi connectivity index (χ0n) is 17.2. The molecule has 4 aromatic rings. The first-order chi connectivity index (χ1) is 15.6. The lowest BCUT2D eigenvalue weighted by atomic mass is 10.0. The Morgan fingerprint density at radius 3 is 2.66 bits per heavy atom. The quantitative estimate of drug-likeness (QED) is 0.254. The van der Waals surface area contributed by atoms with Crippen LogP contribution in [0.1, 0.15) is 24.1 Å². The lowest BCUT2D eigenvalue weighted by molar-refractivity contribution is -0.117. The zero-order chi connectivity index (χ0) is 22.3. The van der Waals surface area contributed by atoms with Crippen molar-refractivity contribution in [2.75, 3.05) is 5.32 Å². The number of furan rings is 1. The first-order valence-corrected chi connectivity index (χ1v) is 10.1. The Morgan fingerprint density at radius 2 is 1.91 bits per heavy atom. The molecule has 3 heterocycles. The lowest BCUT2D eigenvalue weighted by Crippen LogP contribution is -2.15. The Kier molecular flexibility index (Phi) is 6.35. The Balaban J connectivity index is 1.34. The fourth-order valence-corrected chi connectivity index (χ4v) is 3.16. The number of aryl methyl sites for hydroxylation is 1. The summed E-state index contributed by atoms with van der Waals surface area (Å²) in [6.45, 7) is 0.410. The van der Waals surface area contributed by atoms with Crippen LogP contribution >= 0.6 is 0 Å². The SMILES string of the molecule is N=C(N)CC(=O)CCc1cccc(-c2cnc(NCc3cc(-c4ccco4)on3)nc2)c1. The summed E-state index contributed by atoms with van der Waals surface area (Å²) in [4.78, 5) is 20.5. The molecule has 1 aromatic carbocycles. The average molecular weight is 430 g/mol. The lowest BCUT2D eigenvalue weighted by Gasteiger charge is -2.07. The third kappa shape index (κ3) is 5.45. The Labute approximate surface area is 184 Å². The summed E-state index contributed by atoms with van der Waals surface area (Å²) in [6, 6.07) is 13.3. The van der Waals surface area contributed by atoms with Gasteiger partial charge in [0.25, 0.3) is 0 Å². The van der Waals surface area contributed by atoms with Crippen molar-refractivity contribution in [2.24, 2.45) is 5.73 Å². The van der Waals surface area contributed by atoms with Crippen molar-refractivity contribution in [3.63, 3.8) is 0 Å². The number of benzene rings is 1. The first kappa shape index (κ1) is 21.0. The summed E-state index contributed by atoms with van der Waals surface area (Å²) in [5, 5.41) is 14.3. The van der Waals surface area contributed by atoms with Gasteiger partial charge in [0.1, 0.15) is 11.5 Å². The van der Waals surface area contributed by atoms with Crippen LogP contribution in [-0.4, -0.2) is 26.7 Å². The molecular weight excluding hydrogens is 408 g/mol. The topological polar surface area (TPSA) is 144 Å². The summed E-state index contributed by atoms with van der Waals surface area (Å²) < 4.78 is 10.6. The molecule has 9 nitrogen and oxygen atoms in total. The van der Waals surface area contributed by atoms with Crippen LogP contribution in [0.4, 0.5) is 5.95 Å². The van der Waals surface area contributed by atoms with Gasteiger partial charge >= 0.3 is 0 Å². The second kappa shape index (κ2) is 9.69. The fraction of sp³-hybridized carbons (Fsp3) is 0.174. The van der Waals surface area contributed by atoms with Crippen molar-refractivity contribution in [1.82, 2.24) is 15.1 Å². The smallest absolute Gasteiger partial charge is 0.222 e. The maximum absolute atomic E-state index is 11.8. The Morgan fingerprint density at radius 1 is 1.06 bits per heavy atom. The minimum atomic E-state index is -0.101. The number of amidine groups is 1. The molecule has 0 atom stereocenters. The van der Waals surface area contributed by atoms with E-state index < -0.39 is 0 Å². The van der Waals surface area contributed by atoms with Gasteiger partial charge in [-0.1, -0.05) is 29.4 Å². The van der Waals surface area contributed by atoms with E-state index in [-0.39, 0.29) is 18.0 Å². The molecule has 0 unspecified atom stereocenters. The molecule has 4 rings (SSSR count). The van der Waals surface area contributed by atoms with Crippen molar-refractivity contribution < 1.29 is 13.7 Å². The van der Waals surface area contributed by atoms with Crippen LogP contribution in [0.5, 0.6) is 0 Å². The van der Waals surface area contributed by atoms with Gasteiger partial charge in [-0.25, -0.2) is 9.97 Å². The van der Waals surface area contributed by atoms with Gasteiger partial charge in [-0.2, -0.15) is 0 Å². The predicted molar refractivity (Wildman–Crippen MR) is 119 cm³/mol. The molecule has 0 aliphatic carbocycles. The van der Waals surface area contributed by atoms with Gasteiger partial charge in [-0.3, -0.25) is 10.2 Å². The molecule has 0 aliphatic rings. The van der Waals surface area contributed by atoms with Crippen LogP contribution in [0.15, 0.2) is 70.1 Å². The Bertz CT molecular complexity index is 1200. The van der Waals surface area contributed by atoms with E-state index in [1.54, 1.807) is 36.9 Å². The summed E-state index contributed by atoms with van der Waals surface area (Å²) in [5.74, 6) is 1.52. The number of Topliss-reactive ketones (excluding diaryl/α,β-unsaturated/α-hetero) is 1. The van der Waals surface area contributed by atoms with Crippen LogP contribution in [0.25, 0.3) is 22.6 Å². The fourth-order valence-electron chi connectivity index (χ4n) is 3.16. The van der Waals surface area contributed by atoms with Crippen LogP contribution in [0, 0.1) is 5.41 Å². The van der Waals surface area contributed by atoms with Crippen LogP contribution in [0.3, 0.4) is 0 Å². The third-order valence-corrected chi connectivity index (χ3v) is 4.74. The summed E-state index contributed by atoms with van der Waals surface area (Å²) in [5.41, 5.74) is 8.85. The molecule has 9 heteroatoms. The third-order valence-electron chi connectivity index (χ3n) is 4.74. The normalized spacial score (nSPS) is 10.8. The van der Waals surface area contributed by atoms with Crippen molar-refractivity contribution >= 4 is 17.6 Å². The number of nitrogens with two attached hydrogens (primary N) is 1. The highest BCUT2D eigenvalue weighted by Gasteiger charge is 2.10. The minimum absolute atomic E-state index is 0.000489. The van der Waals surface area contributed by atoms with Crippen molar-refractivity contribution in [3.8, 4) is 22.6 Å². The van der Waals surface area contributed by atoms with E-state index in [2.05, 4.69) is 20.4 Å². The largest absolute Gasteiger partial charge is 0.461 e. The summed E-state index contributed by atoms with van der Waals surface area (Å²) in [6.07, 6.45) is 6.01. The Hall–Kier alpha value is -4.27. The van der Waals surface area contributed by atoms with Gasteiger partial charge in [0, 0.05) is 30.4 Å². The highest BCUT2D eigenvalue weighted by atomic mass is 16.5. The number of hydrogen-bond acceptors (Lipinski definition) is 8. The molecule has 162 valence electrons. The second-order valence-corrected chi connectivity index (χ2v) is 7.25. The molecule has 0 bridgehead atoms. The highest BCUT2D eigenvalue weighted by Crippen LogP contribution is 2.22. The second-order valence-electron chi connectivity index (χ2n) is 7.25. The van der Waals surface area contributed by atoms with E-state index in [1.165, 1.54) is 0 Å². The van der Waals surface area contributed by atoms with E-state index in [0.29, 0.717) is 42.5 Å². The van der Waals surface area contributed by atoms with E-state index in [9.17, 15) is 4.79 Å². The van der Waals surface area contributed by atoms with Gasteiger partial charge in [-0.15, -0.1) is 0 Å². The maximum atomic E-state index is 11.8. The van der Waals surface area contributed by atoms with Crippen LogP contribution in [-0.2, 0) is 17.8 Å². The number of ketones is 1. The number of carbonyl (C=O) groups excluding carboxylic acids is 1. The minimum Gasteiger partial charge on any atom is -0.461 e. The predicted octanol–water partition coefficient (Wildman–Crippen LogP) is 3.83. The molecule has 0 fully saturated rings. The van der Waals surface area contributed by atoms with Gasteiger partial charge < -0.3 is 20.0 Å². The van der Waals surface area contributed by atoms with Crippen LogP contribution in [0.2, 0.25) is 0 Å². The zero-order valence-corrected chi connectivity index (χ0v) is 17.2. The molecule has 0 saturated carbocycles. The van der Waals surface area contributed by atoms with Crippen molar-refractivity contribution in [2.45, 2.75) is 25.8 Å². The molecule has 4 N–H and O–H groups in total. The van der Waals surface area contributed by atoms with Gasteiger partial charge in [0.15, 0.2) is 5.76 Å². The molecule has 0 saturated heterocycles. The van der Waals surface area contributed by atoms with Gasteiger partial charge in [-0.05, 0) is 29.7 Å². The number of carbonyl (C=O) groups is 1.